The third-order valence-corrected chi connectivity index (χ3v) is 1.27. The van der Waals surface area contributed by atoms with Crippen LogP contribution in [0.4, 0.5) is 4.79 Å². The van der Waals surface area contributed by atoms with Gasteiger partial charge in [-0.05, 0) is 5.92 Å². The van der Waals surface area contributed by atoms with Crippen LogP contribution in [-0.4, -0.2) is 19.2 Å². The van der Waals surface area contributed by atoms with Gasteiger partial charge < -0.3 is 19.1 Å². The first kappa shape index (κ1) is 18.6. The molecule has 0 N–H and O–H groups in total. The summed E-state index contributed by atoms with van der Waals surface area (Å²) in [5.41, 5.74) is 0. The second-order valence-corrected chi connectivity index (χ2v) is 3.22. The maximum Gasteiger partial charge on any atom is 0.344 e. The van der Waals surface area contributed by atoms with E-state index in [1.807, 2.05) is 44.2 Å². The van der Waals surface area contributed by atoms with E-state index in [1.54, 1.807) is 0 Å². The molecule has 1 aromatic carbocycles. The number of hydrogen-bond donors (Lipinski definition) is 0. The normalized spacial score (nSPS) is 8.18. The number of carbonyl (C=O) groups excluding carboxylic acids is 2. The molecule has 0 atom stereocenters. The maximum atomic E-state index is 10.2. The molecule has 1 aromatic rings. The molecular formula is C12H14O4Y-2. The number of benzene rings is 1. The van der Waals surface area contributed by atoms with Crippen LogP contribution in [0.15, 0.2) is 30.3 Å². The quantitative estimate of drug-likeness (QED) is 0.488. The SMILES string of the molecule is CC(C)COC(=O)O[C-]=O.[Y].[c-]1ccccc1. The minimum absolute atomic E-state index is 0. The van der Waals surface area contributed by atoms with Crippen LogP contribution >= 0.6 is 0 Å². The van der Waals surface area contributed by atoms with Gasteiger partial charge in [0, 0.05) is 32.7 Å². The molecule has 0 saturated carbocycles. The van der Waals surface area contributed by atoms with E-state index in [0.717, 1.165) is 6.47 Å². The molecule has 0 aromatic heterocycles. The standard InChI is InChI=1S/C6H9O4.C6H5.Y/c1-5(2)3-9-6(8)10-4-7;1-2-4-6-5-3-1;/h5H,3H2,1-2H3;1-5H;/q2*-1;. The van der Waals surface area contributed by atoms with Crippen LogP contribution in [0.25, 0.3) is 0 Å². The zero-order chi connectivity index (χ0) is 12.2. The molecule has 91 valence electrons. The van der Waals surface area contributed by atoms with Crippen molar-refractivity contribution in [3.63, 3.8) is 0 Å². The Morgan fingerprint density at radius 2 is 1.88 bits per heavy atom. The van der Waals surface area contributed by atoms with Crippen LogP contribution in [0.5, 0.6) is 0 Å². The summed E-state index contributed by atoms with van der Waals surface area (Å²) < 4.78 is 8.15. The fourth-order valence-electron chi connectivity index (χ4n) is 0.640. The molecule has 0 fully saturated rings. The Labute approximate surface area is 127 Å². The summed E-state index contributed by atoms with van der Waals surface area (Å²) in [6.07, 6.45) is -0.997. The molecule has 1 rings (SSSR count). The van der Waals surface area contributed by atoms with Crippen LogP contribution in [0.3, 0.4) is 0 Å². The van der Waals surface area contributed by atoms with E-state index in [0.29, 0.717) is 0 Å². The molecule has 0 saturated heterocycles. The molecule has 4 nitrogen and oxygen atoms in total. The van der Waals surface area contributed by atoms with E-state index in [-0.39, 0.29) is 45.2 Å². The first-order valence-electron chi connectivity index (χ1n) is 4.78. The van der Waals surface area contributed by atoms with Gasteiger partial charge in [-0.1, -0.05) is 13.8 Å². The molecule has 0 amide bonds. The van der Waals surface area contributed by atoms with Gasteiger partial charge in [-0.2, -0.15) is 36.4 Å². The van der Waals surface area contributed by atoms with Crippen molar-refractivity contribution in [2.45, 2.75) is 13.8 Å². The molecule has 0 spiro atoms. The largest absolute Gasteiger partial charge is 0.553 e. The summed E-state index contributed by atoms with van der Waals surface area (Å²) in [5.74, 6) is 0.235. The Kier molecular flexibility index (Phi) is 14.6. The molecule has 0 unspecified atom stereocenters. The third kappa shape index (κ3) is 15.3. The van der Waals surface area contributed by atoms with Gasteiger partial charge in [0.15, 0.2) is 6.47 Å². The Morgan fingerprint density at radius 3 is 2.18 bits per heavy atom. The zero-order valence-electron chi connectivity index (χ0n) is 9.88. The molecule has 0 bridgehead atoms. The van der Waals surface area contributed by atoms with Crippen molar-refractivity contribution in [3.05, 3.63) is 36.4 Å². The number of carbonyl (C=O) groups is 1. The fraction of sp³-hybridized carbons (Fsp3) is 0.333. The first-order chi connectivity index (χ1) is 7.66. The van der Waals surface area contributed by atoms with Crippen molar-refractivity contribution >= 4 is 12.6 Å². The Hall–Kier alpha value is -0.736. The average Bonchev–Trinajstić information content (AvgIpc) is 2.30. The molecular weight excluding hydrogens is 297 g/mol. The van der Waals surface area contributed by atoms with Gasteiger partial charge in [-0.25, -0.2) is 0 Å². The monoisotopic (exact) mass is 311 g/mol. The van der Waals surface area contributed by atoms with E-state index >= 15 is 0 Å². The molecule has 17 heavy (non-hydrogen) atoms. The number of ether oxygens (including phenoxy) is 2. The minimum Gasteiger partial charge on any atom is -0.553 e. The molecule has 0 aliphatic heterocycles. The van der Waals surface area contributed by atoms with Gasteiger partial charge >= 0.3 is 6.16 Å². The van der Waals surface area contributed by atoms with Crippen molar-refractivity contribution < 1.29 is 51.8 Å². The summed E-state index contributed by atoms with van der Waals surface area (Å²) in [6, 6.07) is 12.5. The topological polar surface area (TPSA) is 52.6 Å². The maximum absolute atomic E-state index is 10.2. The van der Waals surface area contributed by atoms with Crippen LogP contribution < -0.4 is 0 Å². The molecule has 1 radical (unpaired) electrons. The molecule has 0 heterocycles. The van der Waals surface area contributed by atoms with E-state index < -0.39 is 6.16 Å². The van der Waals surface area contributed by atoms with Crippen molar-refractivity contribution in [3.8, 4) is 0 Å². The molecule has 0 aliphatic carbocycles. The van der Waals surface area contributed by atoms with Crippen LogP contribution in [0.1, 0.15) is 13.8 Å². The number of rotatable bonds is 3. The smallest absolute Gasteiger partial charge is 0.344 e. The minimum atomic E-state index is -0.997. The predicted molar refractivity (Wildman–Crippen MR) is 58.2 cm³/mol. The van der Waals surface area contributed by atoms with E-state index in [4.69, 9.17) is 0 Å². The van der Waals surface area contributed by atoms with Crippen molar-refractivity contribution in [1.29, 1.82) is 0 Å². The second kappa shape index (κ2) is 13.3. The van der Waals surface area contributed by atoms with Gasteiger partial charge in [-0.3, -0.25) is 0 Å². The van der Waals surface area contributed by atoms with Crippen molar-refractivity contribution in [1.82, 2.24) is 0 Å². The van der Waals surface area contributed by atoms with E-state index in [1.165, 1.54) is 0 Å². The van der Waals surface area contributed by atoms with Gasteiger partial charge in [-0.15, -0.1) is 0 Å². The summed E-state index contributed by atoms with van der Waals surface area (Å²) in [6.45, 7) is 4.96. The van der Waals surface area contributed by atoms with Gasteiger partial charge in [0.2, 0.25) is 0 Å². The van der Waals surface area contributed by atoms with Crippen molar-refractivity contribution in [2.75, 3.05) is 6.61 Å². The Morgan fingerprint density at radius 1 is 1.29 bits per heavy atom. The Bertz CT molecular complexity index is 261. The summed E-state index contributed by atoms with van der Waals surface area (Å²) in [7, 11) is 0. The van der Waals surface area contributed by atoms with E-state index in [2.05, 4.69) is 15.5 Å². The average molecular weight is 311 g/mol. The second-order valence-electron chi connectivity index (χ2n) is 3.22. The summed E-state index contributed by atoms with van der Waals surface area (Å²) in [4.78, 5) is 19.7. The van der Waals surface area contributed by atoms with Gasteiger partial charge in [0.1, 0.15) is 0 Å². The van der Waals surface area contributed by atoms with Gasteiger partial charge in [0.05, 0.1) is 6.61 Å². The van der Waals surface area contributed by atoms with Crippen LogP contribution in [0, 0.1) is 12.0 Å². The third-order valence-electron chi connectivity index (χ3n) is 1.27. The summed E-state index contributed by atoms with van der Waals surface area (Å²) in [5, 5.41) is 0. The van der Waals surface area contributed by atoms with E-state index in [9.17, 15) is 9.59 Å². The Balaban J connectivity index is 0. The van der Waals surface area contributed by atoms with Gasteiger partial charge in [0.25, 0.3) is 0 Å². The fourth-order valence-corrected chi connectivity index (χ4v) is 0.640. The zero-order valence-corrected chi connectivity index (χ0v) is 12.7. The predicted octanol–water partition coefficient (Wildman–Crippen LogP) is 2.35. The first-order valence-corrected chi connectivity index (χ1v) is 4.78. The van der Waals surface area contributed by atoms with Crippen LogP contribution in [-0.2, 0) is 47.0 Å². The number of hydrogen-bond acceptors (Lipinski definition) is 4. The summed E-state index contributed by atoms with van der Waals surface area (Å²) >= 11 is 0. The van der Waals surface area contributed by atoms with Crippen LogP contribution in [0.2, 0.25) is 0 Å². The molecule has 5 heteroatoms. The molecule has 0 aliphatic rings. The van der Waals surface area contributed by atoms with Crippen molar-refractivity contribution in [2.24, 2.45) is 5.92 Å².